The summed E-state index contributed by atoms with van der Waals surface area (Å²) in [6, 6.07) is 7.57. The average Bonchev–Trinajstić information content (AvgIpc) is 2.99. The van der Waals surface area contributed by atoms with E-state index in [1.807, 2.05) is 37.0 Å². The summed E-state index contributed by atoms with van der Waals surface area (Å²) in [7, 11) is 4.05. The van der Waals surface area contributed by atoms with Gasteiger partial charge in [0, 0.05) is 36.9 Å². The standard InChI is InChI=1S/C19H22N6O/c1-24(2)11-9-21-13-5-6-14-16-15(13)19(26)12-4-3-8-22-17(12)18(16)23-25(14)10-7-20/h3-6,8,21H,7,9-11,20H2,1-2H3. The van der Waals surface area contributed by atoms with Gasteiger partial charge in [-0.25, -0.2) is 0 Å². The van der Waals surface area contributed by atoms with Crippen LogP contribution in [0.25, 0.3) is 22.3 Å². The van der Waals surface area contributed by atoms with Crippen molar-refractivity contribution in [3.8, 4) is 11.4 Å². The molecule has 3 aromatic rings. The van der Waals surface area contributed by atoms with Crippen LogP contribution in [0.3, 0.4) is 0 Å². The first kappa shape index (κ1) is 16.7. The summed E-state index contributed by atoms with van der Waals surface area (Å²) >= 11 is 0. The van der Waals surface area contributed by atoms with Crippen LogP contribution in [0.1, 0.15) is 15.9 Å². The second-order valence-corrected chi connectivity index (χ2v) is 6.70. The third-order valence-corrected chi connectivity index (χ3v) is 4.64. The summed E-state index contributed by atoms with van der Waals surface area (Å²) in [4.78, 5) is 19.8. The molecule has 0 radical (unpaired) electrons. The second kappa shape index (κ2) is 6.51. The highest BCUT2D eigenvalue weighted by Crippen LogP contribution is 2.40. The van der Waals surface area contributed by atoms with Gasteiger partial charge in [-0.05, 0) is 38.4 Å². The number of anilines is 1. The van der Waals surface area contributed by atoms with E-state index in [0.29, 0.717) is 29.9 Å². The summed E-state index contributed by atoms with van der Waals surface area (Å²) in [5, 5.41) is 8.99. The lowest BCUT2D eigenvalue weighted by Crippen LogP contribution is -2.22. The second-order valence-electron chi connectivity index (χ2n) is 6.70. The van der Waals surface area contributed by atoms with Gasteiger partial charge in [-0.3, -0.25) is 14.5 Å². The Hall–Kier alpha value is -2.77. The Kier molecular flexibility index (Phi) is 4.18. The van der Waals surface area contributed by atoms with E-state index in [-0.39, 0.29) is 5.78 Å². The fourth-order valence-electron chi connectivity index (χ4n) is 3.44. The van der Waals surface area contributed by atoms with Gasteiger partial charge < -0.3 is 16.0 Å². The number of pyridine rings is 1. The molecule has 0 atom stereocenters. The molecule has 2 aromatic heterocycles. The van der Waals surface area contributed by atoms with Crippen molar-refractivity contribution >= 4 is 22.4 Å². The molecule has 1 aromatic carbocycles. The molecule has 7 heteroatoms. The molecule has 1 aliphatic rings. The lowest BCUT2D eigenvalue weighted by Gasteiger charge is -2.18. The fourth-order valence-corrected chi connectivity index (χ4v) is 3.44. The minimum atomic E-state index is -0.00847. The molecule has 4 rings (SSSR count). The van der Waals surface area contributed by atoms with E-state index in [2.05, 4.69) is 15.2 Å². The Labute approximate surface area is 151 Å². The van der Waals surface area contributed by atoms with E-state index in [1.165, 1.54) is 0 Å². The van der Waals surface area contributed by atoms with Crippen LogP contribution in [-0.4, -0.2) is 59.2 Å². The van der Waals surface area contributed by atoms with E-state index < -0.39 is 0 Å². The summed E-state index contributed by atoms with van der Waals surface area (Å²) in [5.74, 6) is -0.00847. The topological polar surface area (TPSA) is 89.1 Å². The van der Waals surface area contributed by atoms with Gasteiger partial charge in [0.15, 0.2) is 5.78 Å². The van der Waals surface area contributed by atoms with Crippen LogP contribution in [-0.2, 0) is 6.54 Å². The molecule has 0 bridgehead atoms. The molecule has 0 saturated heterocycles. The number of carbonyl (C=O) groups excluding carboxylic acids is 1. The quantitative estimate of drug-likeness (QED) is 0.549. The lowest BCUT2D eigenvalue weighted by atomic mass is 9.89. The van der Waals surface area contributed by atoms with E-state index in [0.717, 1.165) is 35.4 Å². The SMILES string of the molecule is CN(C)CCNc1ccc2c3c(nn2CCN)-c2ncccc2C(=O)c13. The smallest absolute Gasteiger partial charge is 0.198 e. The zero-order chi connectivity index (χ0) is 18.3. The maximum Gasteiger partial charge on any atom is 0.198 e. The molecule has 0 aliphatic heterocycles. The Morgan fingerprint density at radius 2 is 2.08 bits per heavy atom. The van der Waals surface area contributed by atoms with Crippen molar-refractivity contribution in [3.05, 3.63) is 41.6 Å². The monoisotopic (exact) mass is 350 g/mol. The highest BCUT2D eigenvalue weighted by Gasteiger charge is 2.31. The van der Waals surface area contributed by atoms with Crippen molar-refractivity contribution in [2.45, 2.75) is 6.54 Å². The number of fused-ring (bicyclic) bond motifs is 2. The van der Waals surface area contributed by atoms with Gasteiger partial charge in [-0.2, -0.15) is 5.10 Å². The molecule has 0 amide bonds. The number of hydrogen-bond donors (Lipinski definition) is 2. The molecule has 0 unspecified atom stereocenters. The molecule has 0 fully saturated rings. The zero-order valence-corrected chi connectivity index (χ0v) is 15.0. The van der Waals surface area contributed by atoms with E-state index in [9.17, 15) is 4.79 Å². The first-order valence-electron chi connectivity index (χ1n) is 8.74. The predicted molar refractivity (Wildman–Crippen MR) is 102 cm³/mol. The number of hydrogen-bond acceptors (Lipinski definition) is 6. The first-order valence-corrected chi connectivity index (χ1v) is 8.74. The van der Waals surface area contributed by atoms with Crippen LogP contribution >= 0.6 is 0 Å². The van der Waals surface area contributed by atoms with Crippen molar-refractivity contribution in [2.24, 2.45) is 5.73 Å². The predicted octanol–water partition coefficient (Wildman–Crippen LogP) is 1.57. The molecule has 0 spiro atoms. The van der Waals surface area contributed by atoms with E-state index in [1.54, 1.807) is 12.3 Å². The van der Waals surface area contributed by atoms with Gasteiger partial charge >= 0.3 is 0 Å². The Morgan fingerprint density at radius 1 is 1.23 bits per heavy atom. The minimum absolute atomic E-state index is 0.00847. The van der Waals surface area contributed by atoms with Crippen LogP contribution in [0.4, 0.5) is 5.69 Å². The van der Waals surface area contributed by atoms with Gasteiger partial charge in [0.2, 0.25) is 0 Å². The van der Waals surface area contributed by atoms with Crippen molar-refractivity contribution in [2.75, 3.05) is 39.0 Å². The Balaban J connectivity index is 1.92. The van der Waals surface area contributed by atoms with Crippen molar-refractivity contribution in [1.29, 1.82) is 0 Å². The molecule has 134 valence electrons. The number of nitrogens with two attached hydrogens (primary N) is 1. The summed E-state index contributed by atoms with van der Waals surface area (Å²) < 4.78 is 1.87. The number of nitrogens with one attached hydrogen (secondary N) is 1. The van der Waals surface area contributed by atoms with Crippen LogP contribution in [0.5, 0.6) is 0 Å². The van der Waals surface area contributed by atoms with Gasteiger partial charge in [0.25, 0.3) is 0 Å². The largest absolute Gasteiger partial charge is 0.383 e. The van der Waals surface area contributed by atoms with Crippen molar-refractivity contribution < 1.29 is 4.79 Å². The van der Waals surface area contributed by atoms with Crippen LogP contribution in [0.15, 0.2) is 30.5 Å². The molecule has 7 nitrogen and oxygen atoms in total. The highest BCUT2D eigenvalue weighted by atomic mass is 16.1. The molecule has 2 heterocycles. The maximum atomic E-state index is 13.2. The first-order chi connectivity index (χ1) is 12.6. The van der Waals surface area contributed by atoms with Gasteiger partial charge in [0.1, 0.15) is 11.4 Å². The average molecular weight is 350 g/mol. The molecule has 26 heavy (non-hydrogen) atoms. The number of likely N-dealkylation sites (N-methyl/N-ethyl adjacent to an activating group) is 1. The van der Waals surface area contributed by atoms with Gasteiger partial charge in [0.05, 0.1) is 23.2 Å². The highest BCUT2D eigenvalue weighted by molar-refractivity contribution is 6.27. The summed E-state index contributed by atoms with van der Waals surface area (Å²) in [5.41, 5.74) is 10.2. The molecule has 1 aliphatic carbocycles. The number of ketones is 1. The number of rotatable bonds is 6. The molecule has 0 saturated carbocycles. The number of aromatic nitrogens is 3. The van der Waals surface area contributed by atoms with Gasteiger partial charge in [-0.1, -0.05) is 0 Å². The van der Waals surface area contributed by atoms with Crippen LogP contribution < -0.4 is 11.1 Å². The number of benzene rings is 1. The summed E-state index contributed by atoms with van der Waals surface area (Å²) in [6.45, 7) is 2.71. The van der Waals surface area contributed by atoms with E-state index >= 15 is 0 Å². The summed E-state index contributed by atoms with van der Waals surface area (Å²) in [6.07, 6.45) is 1.70. The fraction of sp³-hybridized carbons (Fsp3) is 0.316. The number of nitrogens with zero attached hydrogens (tertiary/aromatic N) is 4. The third-order valence-electron chi connectivity index (χ3n) is 4.64. The van der Waals surface area contributed by atoms with E-state index in [4.69, 9.17) is 10.8 Å². The van der Waals surface area contributed by atoms with Crippen molar-refractivity contribution in [1.82, 2.24) is 19.7 Å². The van der Waals surface area contributed by atoms with Gasteiger partial charge in [-0.15, -0.1) is 0 Å². The van der Waals surface area contributed by atoms with Crippen LogP contribution in [0.2, 0.25) is 0 Å². The van der Waals surface area contributed by atoms with Crippen molar-refractivity contribution in [3.63, 3.8) is 0 Å². The normalized spacial score (nSPS) is 12.7. The Bertz CT molecular complexity index is 991. The molecule has 3 N–H and O–H groups in total. The van der Waals surface area contributed by atoms with Crippen LogP contribution in [0, 0.1) is 0 Å². The molecular formula is C19H22N6O. The third kappa shape index (κ3) is 2.56. The zero-order valence-electron chi connectivity index (χ0n) is 15.0. The Morgan fingerprint density at radius 3 is 2.85 bits per heavy atom. The lowest BCUT2D eigenvalue weighted by molar-refractivity contribution is 0.104. The minimum Gasteiger partial charge on any atom is -0.383 e. The number of carbonyl (C=O) groups is 1. The molecular weight excluding hydrogens is 328 g/mol. The maximum absolute atomic E-state index is 13.2.